The molecule has 0 saturated heterocycles. The Kier molecular flexibility index (Phi) is 10.1. The first-order chi connectivity index (χ1) is 12.4. The van der Waals surface area contributed by atoms with Gasteiger partial charge in [-0.1, -0.05) is 51.7 Å². The van der Waals surface area contributed by atoms with Crippen LogP contribution in [0.25, 0.3) is 0 Å². The molecule has 1 rings (SSSR count). The fraction of sp³-hybridized carbons (Fsp3) is 0.714. The Bertz CT molecular complexity index is 520. The van der Waals surface area contributed by atoms with Crippen LogP contribution in [-0.2, 0) is 9.59 Å². The van der Waals surface area contributed by atoms with Crippen molar-refractivity contribution in [2.75, 3.05) is 0 Å². The van der Waals surface area contributed by atoms with Crippen molar-refractivity contribution in [2.45, 2.75) is 78.1 Å². The molecule has 0 aromatic heterocycles. The summed E-state index contributed by atoms with van der Waals surface area (Å²) in [6.07, 6.45) is 12.9. The molecule has 0 amide bonds. The summed E-state index contributed by atoms with van der Waals surface area (Å²) in [4.78, 5) is 22.7. The number of hydrogen-bond acceptors (Lipinski definition) is 4. The number of allylic oxidation sites excluding steroid dienone is 3. The van der Waals surface area contributed by atoms with Crippen LogP contribution < -0.4 is 0 Å². The SMILES string of the molecule is CCCC[C@@H](C)C/C=C/[C@H]1CCC(=O)[C@@H]1CCCC/C(O)=C(\O)C(=O)O. The number of carbonyl (C=O) groups is 2. The predicted octanol–water partition coefficient (Wildman–Crippen LogP) is 5.33. The molecule has 26 heavy (non-hydrogen) atoms. The van der Waals surface area contributed by atoms with Crippen molar-refractivity contribution >= 4 is 11.8 Å². The van der Waals surface area contributed by atoms with Gasteiger partial charge in [0.2, 0.25) is 5.76 Å². The number of unbranched alkanes of at least 4 members (excludes halogenated alkanes) is 2. The predicted molar refractivity (Wildman–Crippen MR) is 102 cm³/mol. The molecule has 148 valence electrons. The van der Waals surface area contributed by atoms with E-state index in [9.17, 15) is 14.7 Å². The molecule has 0 aromatic carbocycles. The second-order valence-electron chi connectivity index (χ2n) is 7.53. The molecule has 5 heteroatoms. The van der Waals surface area contributed by atoms with Gasteiger partial charge >= 0.3 is 5.97 Å². The summed E-state index contributed by atoms with van der Waals surface area (Å²) < 4.78 is 0. The van der Waals surface area contributed by atoms with Gasteiger partial charge < -0.3 is 15.3 Å². The van der Waals surface area contributed by atoms with E-state index in [-0.39, 0.29) is 12.3 Å². The zero-order valence-corrected chi connectivity index (χ0v) is 16.1. The first-order valence-corrected chi connectivity index (χ1v) is 9.90. The van der Waals surface area contributed by atoms with Gasteiger partial charge in [0.25, 0.3) is 0 Å². The van der Waals surface area contributed by atoms with Crippen LogP contribution >= 0.6 is 0 Å². The van der Waals surface area contributed by atoms with E-state index >= 15 is 0 Å². The lowest BCUT2D eigenvalue weighted by Crippen LogP contribution is -2.13. The highest BCUT2D eigenvalue weighted by atomic mass is 16.4. The molecule has 0 aliphatic heterocycles. The number of Topliss-reactive ketones (excluding diaryl/α,β-unsaturated/α-hetero) is 1. The maximum Gasteiger partial charge on any atom is 0.374 e. The summed E-state index contributed by atoms with van der Waals surface area (Å²) in [5, 5.41) is 27.2. The van der Waals surface area contributed by atoms with Crippen LogP contribution in [0.1, 0.15) is 78.1 Å². The molecule has 0 radical (unpaired) electrons. The minimum absolute atomic E-state index is 0.0383. The van der Waals surface area contributed by atoms with Crippen LogP contribution in [0.2, 0.25) is 0 Å². The number of rotatable bonds is 12. The molecule has 3 atom stereocenters. The molecule has 0 aromatic rings. The van der Waals surface area contributed by atoms with Gasteiger partial charge in [-0.3, -0.25) is 4.79 Å². The molecule has 0 spiro atoms. The Morgan fingerprint density at radius 3 is 2.62 bits per heavy atom. The van der Waals surface area contributed by atoms with Crippen molar-refractivity contribution in [3.8, 4) is 0 Å². The molecule has 0 unspecified atom stereocenters. The molecule has 0 bridgehead atoms. The van der Waals surface area contributed by atoms with Crippen LogP contribution in [0.4, 0.5) is 0 Å². The molecule has 5 nitrogen and oxygen atoms in total. The summed E-state index contributed by atoms with van der Waals surface area (Å²) >= 11 is 0. The van der Waals surface area contributed by atoms with Crippen molar-refractivity contribution in [3.63, 3.8) is 0 Å². The number of carbonyl (C=O) groups excluding carboxylic acids is 1. The highest BCUT2D eigenvalue weighted by molar-refractivity contribution is 5.84. The van der Waals surface area contributed by atoms with Gasteiger partial charge in [-0.25, -0.2) is 4.79 Å². The van der Waals surface area contributed by atoms with Gasteiger partial charge in [0, 0.05) is 18.8 Å². The van der Waals surface area contributed by atoms with E-state index in [1.807, 2.05) is 0 Å². The fourth-order valence-electron chi connectivity index (χ4n) is 3.59. The van der Waals surface area contributed by atoms with Gasteiger partial charge in [0.05, 0.1) is 0 Å². The maximum absolute atomic E-state index is 12.1. The van der Waals surface area contributed by atoms with Gasteiger partial charge in [0.1, 0.15) is 11.5 Å². The van der Waals surface area contributed by atoms with Gasteiger partial charge in [-0.15, -0.1) is 0 Å². The number of aliphatic hydroxyl groups is 2. The Balaban J connectivity index is 2.40. The Labute approximate surface area is 156 Å². The van der Waals surface area contributed by atoms with Gasteiger partial charge in [-0.2, -0.15) is 0 Å². The van der Waals surface area contributed by atoms with Crippen molar-refractivity contribution in [2.24, 2.45) is 17.8 Å². The molecular weight excluding hydrogens is 332 g/mol. The van der Waals surface area contributed by atoms with Gasteiger partial charge in [0.15, 0.2) is 0 Å². The summed E-state index contributed by atoms with van der Waals surface area (Å²) in [5.41, 5.74) is 0. The van der Waals surface area contributed by atoms with E-state index in [1.54, 1.807) is 0 Å². The van der Waals surface area contributed by atoms with Crippen LogP contribution in [0, 0.1) is 17.8 Å². The number of ketones is 1. The minimum Gasteiger partial charge on any atom is -0.508 e. The second-order valence-corrected chi connectivity index (χ2v) is 7.53. The molecule has 1 aliphatic carbocycles. The van der Waals surface area contributed by atoms with E-state index in [0.29, 0.717) is 30.5 Å². The van der Waals surface area contributed by atoms with E-state index in [0.717, 1.165) is 25.7 Å². The van der Waals surface area contributed by atoms with E-state index in [1.165, 1.54) is 19.3 Å². The third-order valence-electron chi connectivity index (χ3n) is 5.28. The topological polar surface area (TPSA) is 94.8 Å². The van der Waals surface area contributed by atoms with E-state index < -0.39 is 17.5 Å². The second kappa shape index (κ2) is 11.8. The third kappa shape index (κ3) is 7.63. The lowest BCUT2D eigenvalue weighted by atomic mass is 9.89. The third-order valence-corrected chi connectivity index (χ3v) is 5.28. The highest BCUT2D eigenvalue weighted by Crippen LogP contribution is 2.34. The zero-order chi connectivity index (χ0) is 19.5. The maximum atomic E-state index is 12.1. The Hall–Kier alpha value is -1.78. The number of hydrogen-bond donors (Lipinski definition) is 3. The smallest absolute Gasteiger partial charge is 0.374 e. The molecule has 1 aliphatic rings. The zero-order valence-electron chi connectivity index (χ0n) is 16.1. The summed E-state index contributed by atoms with van der Waals surface area (Å²) in [5.74, 6) is -1.67. The standard InChI is InChI=1S/C21H34O5/c1-3-4-8-15(2)9-7-10-16-13-14-18(22)17(16)11-5-6-12-19(23)20(24)21(25)26/h7,10,15-17,23-24H,3-6,8-9,11-14H2,1-2H3,(H,25,26)/b10-7+,20-19+/t15-,16+,17-/m1/s1. The lowest BCUT2D eigenvalue weighted by molar-refractivity contribution is -0.136. The summed E-state index contributed by atoms with van der Waals surface area (Å²) in [7, 11) is 0. The average molecular weight is 366 g/mol. The number of aliphatic hydroxyl groups excluding tert-OH is 2. The molecular formula is C21H34O5. The highest BCUT2D eigenvalue weighted by Gasteiger charge is 2.32. The largest absolute Gasteiger partial charge is 0.508 e. The van der Waals surface area contributed by atoms with Gasteiger partial charge in [-0.05, 0) is 37.5 Å². The fourth-order valence-corrected chi connectivity index (χ4v) is 3.59. The number of carboxylic acids is 1. The van der Waals surface area contributed by atoms with Crippen molar-refractivity contribution < 1.29 is 24.9 Å². The van der Waals surface area contributed by atoms with Crippen LogP contribution in [0.15, 0.2) is 23.7 Å². The Morgan fingerprint density at radius 1 is 1.23 bits per heavy atom. The van der Waals surface area contributed by atoms with Crippen LogP contribution in [0.3, 0.4) is 0 Å². The molecule has 3 N–H and O–H groups in total. The average Bonchev–Trinajstić information content (AvgIpc) is 2.95. The van der Waals surface area contributed by atoms with Crippen LogP contribution in [-0.4, -0.2) is 27.1 Å². The lowest BCUT2D eigenvalue weighted by Gasteiger charge is -2.15. The monoisotopic (exact) mass is 366 g/mol. The Morgan fingerprint density at radius 2 is 1.96 bits per heavy atom. The first-order valence-electron chi connectivity index (χ1n) is 9.90. The minimum atomic E-state index is -1.52. The molecule has 1 fully saturated rings. The van der Waals surface area contributed by atoms with Crippen molar-refractivity contribution in [3.05, 3.63) is 23.7 Å². The van der Waals surface area contributed by atoms with E-state index in [2.05, 4.69) is 26.0 Å². The normalized spacial score (nSPS) is 22.6. The first kappa shape index (κ1) is 22.3. The van der Waals surface area contributed by atoms with E-state index in [4.69, 9.17) is 10.2 Å². The van der Waals surface area contributed by atoms with Crippen molar-refractivity contribution in [1.29, 1.82) is 0 Å². The van der Waals surface area contributed by atoms with Crippen LogP contribution in [0.5, 0.6) is 0 Å². The number of carboxylic acid groups (broad SMARTS) is 1. The summed E-state index contributed by atoms with van der Waals surface area (Å²) in [6.45, 7) is 4.47. The molecule has 0 heterocycles. The summed E-state index contributed by atoms with van der Waals surface area (Å²) in [6, 6.07) is 0. The van der Waals surface area contributed by atoms with Crippen molar-refractivity contribution in [1.82, 2.24) is 0 Å². The quantitative estimate of drug-likeness (QED) is 0.188. The number of aliphatic carboxylic acids is 1. The molecule has 1 saturated carbocycles.